The molecule has 4 rings (SSSR count). The predicted molar refractivity (Wildman–Crippen MR) is 111 cm³/mol. The molecule has 3 aliphatic rings. The first-order valence-corrected chi connectivity index (χ1v) is 17.4. The Bertz CT molecular complexity index is 635. The zero-order valence-electron chi connectivity index (χ0n) is 17.8. The molecular formula is C22H34O6Sn. The second-order valence-corrected chi connectivity index (χ2v) is 17.6. The average Bonchev–Trinajstić information content (AvgIpc) is 3.16. The summed E-state index contributed by atoms with van der Waals surface area (Å²) in [6.45, 7) is 4.91. The van der Waals surface area contributed by atoms with Crippen LogP contribution < -0.4 is 0 Å². The number of rotatable bonds is 8. The van der Waals surface area contributed by atoms with Crippen molar-refractivity contribution in [3.63, 3.8) is 0 Å². The SMILES string of the molecule is CCC[CH2][Sn]1([CH2]CCC)[O][C@@H]2[C@@H]([O]1)[C@@H](OC)O[C@@H]1CO[C@@H](c3ccccc3)O[C@@H]21. The molecule has 0 N–H and O–H groups in total. The molecule has 0 aromatic heterocycles. The van der Waals surface area contributed by atoms with E-state index in [0.29, 0.717) is 6.61 Å². The van der Waals surface area contributed by atoms with Gasteiger partial charge in [0.05, 0.1) is 0 Å². The predicted octanol–water partition coefficient (Wildman–Crippen LogP) is 4.30. The first-order chi connectivity index (χ1) is 14.2. The summed E-state index contributed by atoms with van der Waals surface area (Å²) < 4.78 is 40.1. The summed E-state index contributed by atoms with van der Waals surface area (Å²) in [5.74, 6) is 0. The summed E-state index contributed by atoms with van der Waals surface area (Å²) in [6, 6.07) is 10.1. The van der Waals surface area contributed by atoms with Gasteiger partial charge in [0.25, 0.3) is 0 Å². The van der Waals surface area contributed by atoms with Gasteiger partial charge in [0.1, 0.15) is 0 Å². The Hall–Kier alpha value is -0.221. The zero-order chi connectivity index (χ0) is 20.3. The number of ether oxygens (including phenoxy) is 4. The summed E-state index contributed by atoms with van der Waals surface area (Å²) >= 11 is -3.21. The molecule has 6 nitrogen and oxygen atoms in total. The minimum absolute atomic E-state index is 0.140. The molecule has 0 bridgehead atoms. The molecule has 29 heavy (non-hydrogen) atoms. The van der Waals surface area contributed by atoms with E-state index in [2.05, 4.69) is 13.8 Å². The molecule has 3 fully saturated rings. The molecule has 0 radical (unpaired) electrons. The van der Waals surface area contributed by atoms with E-state index in [9.17, 15) is 0 Å². The van der Waals surface area contributed by atoms with Crippen LogP contribution in [-0.2, 0) is 25.1 Å². The van der Waals surface area contributed by atoms with Crippen LogP contribution in [0, 0.1) is 0 Å². The van der Waals surface area contributed by atoms with E-state index in [1.807, 2.05) is 30.3 Å². The Labute approximate surface area is 179 Å². The fourth-order valence-corrected chi connectivity index (χ4v) is 16.2. The van der Waals surface area contributed by atoms with Crippen molar-refractivity contribution in [3.8, 4) is 0 Å². The Morgan fingerprint density at radius 2 is 1.62 bits per heavy atom. The fourth-order valence-electron chi connectivity index (χ4n) is 4.55. The number of methoxy groups -OCH3 is 1. The van der Waals surface area contributed by atoms with Crippen molar-refractivity contribution in [2.24, 2.45) is 0 Å². The van der Waals surface area contributed by atoms with E-state index < -0.39 is 31.8 Å². The van der Waals surface area contributed by atoms with Crippen LogP contribution in [0.25, 0.3) is 0 Å². The Kier molecular flexibility index (Phi) is 7.53. The van der Waals surface area contributed by atoms with Crippen LogP contribution in [0.1, 0.15) is 51.4 Å². The Morgan fingerprint density at radius 1 is 0.931 bits per heavy atom. The van der Waals surface area contributed by atoms with Crippen molar-refractivity contribution in [2.45, 2.75) is 85.4 Å². The van der Waals surface area contributed by atoms with Gasteiger partial charge >= 0.3 is 179 Å². The van der Waals surface area contributed by atoms with E-state index >= 15 is 0 Å². The van der Waals surface area contributed by atoms with Gasteiger partial charge in [-0.3, -0.25) is 0 Å². The molecule has 6 atom stereocenters. The van der Waals surface area contributed by atoms with Crippen molar-refractivity contribution >= 4 is 19.2 Å². The summed E-state index contributed by atoms with van der Waals surface area (Å²) in [6.07, 6.45) is 3.04. The van der Waals surface area contributed by atoms with Crippen molar-refractivity contribution in [1.82, 2.24) is 0 Å². The summed E-state index contributed by atoms with van der Waals surface area (Å²) in [4.78, 5) is 0. The van der Waals surface area contributed by atoms with Crippen LogP contribution in [0.3, 0.4) is 0 Å². The monoisotopic (exact) mass is 514 g/mol. The van der Waals surface area contributed by atoms with Crippen LogP contribution in [-0.4, -0.2) is 63.6 Å². The van der Waals surface area contributed by atoms with E-state index in [0.717, 1.165) is 40.1 Å². The van der Waals surface area contributed by atoms with Crippen LogP contribution in [0.15, 0.2) is 30.3 Å². The molecule has 0 aliphatic carbocycles. The zero-order valence-corrected chi connectivity index (χ0v) is 20.6. The first kappa shape index (κ1) is 22.0. The topological polar surface area (TPSA) is 55.4 Å². The van der Waals surface area contributed by atoms with Crippen molar-refractivity contribution in [1.29, 1.82) is 0 Å². The number of hydrogen-bond acceptors (Lipinski definition) is 6. The van der Waals surface area contributed by atoms with Gasteiger partial charge in [-0.1, -0.05) is 0 Å². The van der Waals surface area contributed by atoms with Crippen molar-refractivity contribution in [2.75, 3.05) is 13.7 Å². The molecule has 0 amide bonds. The molecule has 0 spiro atoms. The third-order valence-corrected chi connectivity index (χ3v) is 16.5. The maximum absolute atomic E-state index is 6.89. The van der Waals surface area contributed by atoms with Gasteiger partial charge in [0.2, 0.25) is 0 Å². The van der Waals surface area contributed by atoms with E-state index in [-0.39, 0.29) is 24.4 Å². The first-order valence-electron chi connectivity index (χ1n) is 11.1. The van der Waals surface area contributed by atoms with Gasteiger partial charge in [-0.05, 0) is 0 Å². The van der Waals surface area contributed by atoms with Gasteiger partial charge in [-0.2, -0.15) is 0 Å². The fraction of sp³-hybridized carbons (Fsp3) is 0.727. The summed E-state index contributed by atoms with van der Waals surface area (Å²) in [5, 5.41) is 0. The normalized spacial score (nSPS) is 35.8. The number of benzene rings is 1. The third-order valence-electron chi connectivity index (χ3n) is 6.11. The average molecular weight is 513 g/mol. The van der Waals surface area contributed by atoms with Crippen LogP contribution in [0.4, 0.5) is 0 Å². The van der Waals surface area contributed by atoms with Gasteiger partial charge in [-0.25, -0.2) is 0 Å². The molecular weight excluding hydrogens is 479 g/mol. The van der Waals surface area contributed by atoms with Gasteiger partial charge in [0, 0.05) is 0 Å². The standard InChI is InChI=1S/C14H16O6.2C4H9.Sn/c1-17-14-11(16)10(15)12-9(19-14)7-18-13(20-12)8-5-3-2-4-6-8;2*1-3-4-2;/h2-6,9-14H,7H2,1H3;2*1,3-4H2,2H3;/q-2;;;+2/t9-,10-,11-,12-,13-,14+;;;/m1.../s1. The number of fused-ring (bicyclic) bond motifs is 3. The molecule has 0 unspecified atom stereocenters. The summed E-state index contributed by atoms with van der Waals surface area (Å²) in [7, 11) is 1.68. The quantitative estimate of drug-likeness (QED) is 0.484. The minimum atomic E-state index is -3.21. The van der Waals surface area contributed by atoms with E-state index in [4.69, 9.17) is 25.1 Å². The van der Waals surface area contributed by atoms with Crippen LogP contribution >= 0.6 is 0 Å². The molecule has 1 aromatic carbocycles. The molecule has 162 valence electrons. The Morgan fingerprint density at radius 3 is 2.28 bits per heavy atom. The van der Waals surface area contributed by atoms with Gasteiger partial charge < -0.3 is 0 Å². The molecule has 7 heteroatoms. The van der Waals surface area contributed by atoms with E-state index in [1.165, 1.54) is 0 Å². The molecule has 0 saturated carbocycles. The molecule has 3 aliphatic heterocycles. The van der Waals surface area contributed by atoms with Gasteiger partial charge in [-0.15, -0.1) is 0 Å². The van der Waals surface area contributed by atoms with Crippen LogP contribution in [0.2, 0.25) is 8.87 Å². The molecule has 3 heterocycles. The second-order valence-electron chi connectivity index (χ2n) is 8.24. The third kappa shape index (κ3) is 4.68. The molecule has 3 saturated heterocycles. The summed E-state index contributed by atoms with van der Waals surface area (Å²) in [5.41, 5.74) is 1.02. The number of unbranched alkanes of at least 4 members (excludes halogenated alkanes) is 2. The Balaban J connectivity index is 1.55. The maximum atomic E-state index is 6.89. The van der Waals surface area contributed by atoms with E-state index in [1.54, 1.807) is 7.11 Å². The van der Waals surface area contributed by atoms with Gasteiger partial charge in [0.15, 0.2) is 0 Å². The van der Waals surface area contributed by atoms with Crippen molar-refractivity contribution in [3.05, 3.63) is 35.9 Å². The second kappa shape index (κ2) is 9.93. The molecule has 1 aromatic rings. The van der Waals surface area contributed by atoms with Crippen LogP contribution in [0.5, 0.6) is 0 Å². The van der Waals surface area contributed by atoms with Crippen molar-refractivity contribution < 1.29 is 25.1 Å². The number of hydrogen-bond donors (Lipinski definition) is 0.